The van der Waals surface area contributed by atoms with Gasteiger partial charge in [-0.3, -0.25) is 4.90 Å². The third kappa shape index (κ3) is 4.84. The van der Waals surface area contributed by atoms with E-state index in [4.69, 9.17) is 9.97 Å². The summed E-state index contributed by atoms with van der Waals surface area (Å²) in [4.78, 5) is 22.1. The van der Waals surface area contributed by atoms with Crippen molar-refractivity contribution in [3.05, 3.63) is 30.1 Å². The van der Waals surface area contributed by atoms with Crippen LogP contribution in [0.4, 0.5) is 16.9 Å². The van der Waals surface area contributed by atoms with Crippen LogP contribution < -0.4 is 10.6 Å². The molecule has 170 valence electrons. The van der Waals surface area contributed by atoms with E-state index in [-0.39, 0.29) is 12.1 Å². The number of aromatic nitrogens is 4. The number of likely N-dealkylation sites (tertiary alicyclic amines) is 1. The molecule has 1 saturated carbocycles. The fourth-order valence-corrected chi connectivity index (χ4v) is 5.60. The molecule has 2 aliphatic rings. The van der Waals surface area contributed by atoms with Gasteiger partial charge in [-0.1, -0.05) is 11.3 Å². The Kier molecular flexibility index (Phi) is 6.21. The van der Waals surface area contributed by atoms with E-state index in [9.17, 15) is 5.11 Å². The van der Waals surface area contributed by atoms with Crippen LogP contribution in [0.25, 0.3) is 10.3 Å². The first-order valence-corrected chi connectivity index (χ1v) is 12.4. The number of hydrogen-bond acceptors (Lipinski definition) is 9. The molecule has 3 N–H and O–H groups in total. The van der Waals surface area contributed by atoms with E-state index in [2.05, 4.69) is 39.3 Å². The van der Waals surface area contributed by atoms with Gasteiger partial charge in [0.25, 0.3) is 0 Å². The normalized spacial score (nSPS) is 26.5. The lowest BCUT2D eigenvalue weighted by Gasteiger charge is -2.27. The number of rotatable bonds is 6. The minimum absolute atomic E-state index is 0.177. The maximum Gasteiger partial charge on any atom is 0.225 e. The van der Waals surface area contributed by atoms with Gasteiger partial charge in [0.1, 0.15) is 16.2 Å². The van der Waals surface area contributed by atoms with Crippen molar-refractivity contribution in [2.24, 2.45) is 0 Å². The number of thiazole rings is 1. The van der Waals surface area contributed by atoms with Gasteiger partial charge in [-0.05, 0) is 64.5 Å². The number of hydrogen-bond donors (Lipinski definition) is 3. The van der Waals surface area contributed by atoms with Gasteiger partial charge in [0, 0.05) is 36.9 Å². The molecule has 9 heteroatoms. The Balaban J connectivity index is 1.40. The number of nitrogens with one attached hydrogen (secondary N) is 2. The molecule has 1 aliphatic heterocycles. The highest BCUT2D eigenvalue weighted by Crippen LogP contribution is 2.29. The van der Waals surface area contributed by atoms with Gasteiger partial charge in [-0.2, -0.15) is 4.98 Å². The van der Waals surface area contributed by atoms with E-state index in [1.807, 2.05) is 18.2 Å². The minimum Gasteiger partial charge on any atom is -0.393 e. The van der Waals surface area contributed by atoms with Crippen LogP contribution in [0.3, 0.4) is 0 Å². The smallest absolute Gasteiger partial charge is 0.225 e. The molecule has 0 spiro atoms. The minimum atomic E-state index is -0.177. The predicted molar refractivity (Wildman–Crippen MR) is 128 cm³/mol. The summed E-state index contributed by atoms with van der Waals surface area (Å²) in [5, 5.41) is 17.5. The topological polar surface area (TPSA) is 99.1 Å². The van der Waals surface area contributed by atoms with Gasteiger partial charge in [0.05, 0.1) is 11.8 Å². The Hall–Kier alpha value is -2.36. The highest BCUT2D eigenvalue weighted by molar-refractivity contribution is 7.21. The summed E-state index contributed by atoms with van der Waals surface area (Å²) in [6.45, 7) is 5.40. The molecule has 1 aliphatic carbocycles. The summed E-state index contributed by atoms with van der Waals surface area (Å²) in [6.07, 6.45) is 7.57. The van der Waals surface area contributed by atoms with E-state index >= 15 is 0 Å². The van der Waals surface area contributed by atoms with Crippen LogP contribution in [0, 0.1) is 0 Å². The van der Waals surface area contributed by atoms with Crippen LogP contribution in [0.1, 0.15) is 58.1 Å². The molecule has 32 heavy (non-hydrogen) atoms. The predicted octanol–water partition coefficient (Wildman–Crippen LogP) is 4.31. The molecule has 3 aromatic heterocycles. The van der Waals surface area contributed by atoms with Crippen molar-refractivity contribution in [2.75, 3.05) is 10.6 Å². The van der Waals surface area contributed by atoms with Crippen LogP contribution in [-0.2, 0) is 6.54 Å². The standard InChI is InChI=1S/C23H31N7OS/c1-14-5-6-15(2)30(14)13-17-12-20(29-23-27-19-4-3-11-24-21(19)32-23)28-22(26-17)25-16-7-9-18(31)10-8-16/h3-4,11-12,14-16,18,31H,5-10,13H2,1-2H3,(H2,25,26,27,28,29)/t14-,15-,16?,18?/m1/s1. The number of aliphatic hydroxyl groups is 1. The number of pyridine rings is 1. The zero-order valence-corrected chi connectivity index (χ0v) is 19.5. The maximum absolute atomic E-state index is 9.83. The van der Waals surface area contributed by atoms with Crippen molar-refractivity contribution < 1.29 is 5.11 Å². The maximum atomic E-state index is 9.83. The third-order valence-corrected chi connectivity index (χ3v) is 7.58. The van der Waals surface area contributed by atoms with Crippen molar-refractivity contribution in [3.63, 3.8) is 0 Å². The molecule has 1 saturated heterocycles. The van der Waals surface area contributed by atoms with E-state index in [1.54, 1.807) is 6.20 Å². The first kappa shape index (κ1) is 21.5. The van der Waals surface area contributed by atoms with Crippen molar-refractivity contribution >= 4 is 38.6 Å². The SMILES string of the molecule is C[C@@H]1CC[C@@H](C)N1Cc1cc(Nc2nc3cccnc3s2)nc(NC2CCC(O)CC2)n1. The van der Waals surface area contributed by atoms with Gasteiger partial charge in [-0.15, -0.1) is 0 Å². The third-order valence-electron chi connectivity index (χ3n) is 6.69. The molecule has 2 atom stereocenters. The van der Waals surface area contributed by atoms with E-state index in [1.165, 1.54) is 24.2 Å². The molecule has 2 fully saturated rings. The number of aliphatic hydroxyl groups excluding tert-OH is 1. The molecular formula is C23H31N7OS. The first-order chi connectivity index (χ1) is 15.5. The Morgan fingerprint density at radius 3 is 2.59 bits per heavy atom. The van der Waals surface area contributed by atoms with Crippen molar-refractivity contribution in [1.29, 1.82) is 0 Å². The highest BCUT2D eigenvalue weighted by Gasteiger charge is 2.28. The van der Waals surface area contributed by atoms with Gasteiger partial charge in [0.2, 0.25) is 5.95 Å². The summed E-state index contributed by atoms with van der Waals surface area (Å²) in [5.41, 5.74) is 1.88. The lowest BCUT2D eigenvalue weighted by atomic mass is 9.93. The van der Waals surface area contributed by atoms with Crippen LogP contribution in [0.15, 0.2) is 24.4 Å². The lowest BCUT2D eigenvalue weighted by molar-refractivity contribution is 0.126. The average Bonchev–Trinajstić information content (AvgIpc) is 3.32. The second-order valence-corrected chi connectivity index (χ2v) is 10.1. The van der Waals surface area contributed by atoms with Crippen LogP contribution in [0.5, 0.6) is 0 Å². The molecule has 3 aromatic rings. The van der Waals surface area contributed by atoms with Crippen molar-refractivity contribution in [3.8, 4) is 0 Å². The molecule has 0 aromatic carbocycles. The fourth-order valence-electron chi connectivity index (χ4n) is 4.79. The van der Waals surface area contributed by atoms with Gasteiger partial charge < -0.3 is 15.7 Å². The molecular weight excluding hydrogens is 422 g/mol. The second kappa shape index (κ2) is 9.25. The summed E-state index contributed by atoms with van der Waals surface area (Å²) in [6, 6.07) is 7.31. The summed E-state index contributed by atoms with van der Waals surface area (Å²) < 4.78 is 0. The molecule has 5 rings (SSSR count). The summed E-state index contributed by atoms with van der Waals surface area (Å²) in [7, 11) is 0. The fraction of sp³-hybridized carbons (Fsp3) is 0.565. The van der Waals surface area contributed by atoms with Gasteiger partial charge in [0.15, 0.2) is 5.13 Å². The zero-order valence-electron chi connectivity index (χ0n) is 18.7. The van der Waals surface area contributed by atoms with Crippen LogP contribution >= 0.6 is 11.3 Å². The molecule has 4 heterocycles. The largest absolute Gasteiger partial charge is 0.393 e. The van der Waals surface area contributed by atoms with Crippen molar-refractivity contribution in [1.82, 2.24) is 24.8 Å². The quantitative estimate of drug-likeness (QED) is 0.508. The molecule has 0 bridgehead atoms. The Morgan fingerprint density at radius 1 is 1.06 bits per heavy atom. The lowest BCUT2D eigenvalue weighted by Crippen LogP contribution is -2.33. The van der Waals surface area contributed by atoms with Gasteiger partial charge in [-0.25, -0.2) is 15.0 Å². The van der Waals surface area contributed by atoms with Crippen LogP contribution in [-0.4, -0.2) is 54.2 Å². The van der Waals surface area contributed by atoms with E-state index in [0.717, 1.165) is 59.2 Å². The average molecular weight is 454 g/mol. The van der Waals surface area contributed by atoms with Crippen molar-refractivity contribution in [2.45, 2.75) is 83.1 Å². The highest BCUT2D eigenvalue weighted by atomic mass is 32.1. The second-order valence-electron chi connectivity index (χ2n) is 9.14. The Bertz CT molecular complexity index is 1020. The van der Waals surface area contributed by atoms with E-state index in [0.29, 0.717) is 18.0 Å². The number of fused-ring (bicyclic) bond motifs is 1. The molecule has 8 nitrogen and oxygen atoms in total. The molecule has 0 amide bonds. The monoisotopic (exact) mass is 453 g/mol. The van der Waals surface area contributed by atoms with Gasteiger partial charge >= 0.3 is 0 Å². The number of nitrogens with zero attached hydrogens (tertiary/aromatic N) is 5. The summed E-state index contributed by atoms with van der Waals surface area (Å²) >= 11 is 1.52. The molecule has 0 radical (unpaired) electrons. The number of anilines is 3. The van der Waals surface area contributed by atoms with Crippen LogP contribution in [0.2, 0.25) is 0 Å². The molecule has 0 unspecified atom stereocenters. The first-order valence-electron chi connectivity index (χ1n) is 11.6. The summed E-state index contributed by atoms with van der Waals surface area (Å²) in [5.74, 6) is 1.39. The Morgan fingerprint density at radius 2 is 1.84 bits per heavy atom. The van der Waals surface area contributed by atoms with E-state index < -0.39 is 0 Å². The zero-order chi connectivity index (χ0) is 22.1. The Labute approximate surface area is 192 Å².